The minimum Gasteiger partial charge on any atom is -0.381 e. The third kappa shape index (κ3) is 16.0. The minimum atomic E-state index is -0.520. The number of benzene rings is 3. The lowest BCUT2D eigenvalue weighted by Gasteiger charge is -2.31. The number of aldehydes is 1. The summed E-state index contributed by atoms with van der Waals surface area (Å²) in [6.45, 7) is 29.6. The molecule has 3 aromatic carbocycles. The zero-order chi connectivity index (χ0) is 42.7. The van der Waals surface area contributed by atoms with Gasteiger partial charge in [0.1, 0.15) is 18.4 Å². The molecule has 0 bridgehead atoms. The molecule has 58 heavy (non-hydrogen) atoms. The highest BCUT2D eigenvalue weighted by Gasteiger charge is 2.26. The SMILES string of the molecule is C=C(c1ccc(C)cc1)C1CCN(C)CC1.C=CNC(C)(C)C(=C)NC(CCCc1ccccc1)C(=O)Nc1cn(C(C=O)c2ccccc2)cn1.CCC(C)(C)C. The average molecular weight is 787 g/mol. The molecule has 0 radical (unpaired) electrons. The number of imidazole rings is 1. The van der Waals surface area contributed by atoms with Crippen molar-refractivity contribution in [2.75, 3.05) is 25.5 Å². The first-order valence-corrected chi connectivity index (χ1v) is 20.7. The maximum absolute atomic E-state index is 13.3. The van der Waals surface area contributed by atoms with Crippen molar-refractivity contribution >= 4 is 23.6 Å². The molecule has 1 saturated heterocycles. The van der Waals surface area contributed by atoms with Crippen LogP contribution < -0.4 is 16.0 Å². The highest BCUT2D eigenvalue weighted by Crippen LogP contribution is 2.30. The highest BCUT2D eigenvalue weighted by molar-refractivity contribution is 5.94. The van der Waals surface area contributed by atoms with E-state index in [2.05, 4.69) is 124 Å². The monoisotopic (exact) mass is 787 g/mol. The lowest BCUT2D eigenvalue weighted by Crippen LogP contribution is -2.48. The molecule has 0 saturated carbocycles. The number of amides is 1. The molecule has 5 rings (SSSR count). The number of aryl methyl sites for hydroxylation is 2. The summed E-state index contributed by atoms with van der Waals surface area (Å²) >= 11 is 0. The summed E-state index contributed by atoms with van der Waals surface area (Å²) in [5.41, 5.74) is 6.76. The van der Waals surface area contributed by atoms with Crippen molar-refractivity contribution < 1.29 is 9.59 Å². The Morgan fingerprint density at radius 3 is 2.07 bits per heavy atom. The molecule has 8 heteroatoms. The smallest absolute Gasteiger partial charge is 0.248 e. The predicted octanol–water partition coefficient (Wildman–Crippen LogP) is 10.4. The van der Waals surface area contributed by atoms with E-state index in [-0.39, 0.29) is 5.91 Å². The largest absolute Gasteiger partial charge is 0.381 e. The molecular formula is C50H70N6O2. The van der Waals surface area contributed by atoms with Crippen molar-refractivity contribution in [1.29, 1.82) is 0 Å². The second kappa shape index (κ2) is 23.3. The van der Waals surface area contributed by atoms with E-state index in [9.17, 15) is 9.59 Å². The summed E-state index contributed by atoms with van der Waals surface area (Å²) in [5, 5.41) is 9.36. The molecule has 8 nitrogen and oxygen atoms in total. The first-order chi connectivity index (χ1) is 27.6. The minimum absolute atomic E-state index is 0.216. The predicted molar refractivity (Wildman–Crippen MR) is 245 cm³/mol. The van der Waals surface area contributed by atoms with Gasteiger partial charge in [0.05, 0.1) is 11.9 Å². The van der Waals surface area contributed by atoms with Crippen LogP contribution in [0.3, 0.4) is 0 Å². The van der Waals surface area contributed by atoms with E-state index < -0.39 is 17.6 Å². The van der Waals surface area contributed by atoms with Crippen molar-refractivity contribution in [3.8, 4) is 0 Å². The average Bonchev–Trinajstić information content (AvgIpc) is 3.66. The number of rotatable bonds is 16. The van der Waals surface area contributed by atoms with Crippen LogP contribution in [0.2, 0.25) is 0 Å². The van der Waals surface area contributed by atoms with E-state index in [1.807, 2.05) is 62.4 Å². The fourth-order valence-electron chi connectivity index (χ4n) is 6.26. The normalized spacial score (nSPS) is 14.3. The Bertz CT molecular complexity index is 1850. The second-order valence-corrected chi connectivity index (χ2v) is 17.1. The topological polar surface area (TPSA) is 91.3 Å². The number of nitrogens with one attached hydrogen (secondary N) is 3. The van der Waals surface area contributed by atoms with Gasteiger partial charge >= 0.3 is 0 Å². The van der Waals surface area contributed by atoms with Gasteiger partial charge in [0.25, 0.3) is 0 Å². The van der Waals surface area contributed by atoms with Crippen LogP contribution in [0.15, 0.2) is 129 Å². The molecule has 2 heterocycles. The number of likely N-dealkylation sites (tertiary alicyclic amines) is 1. The second-order valence-electron chi connectivity index (χ2n) is 17.1. The lowest BCUT2D eigenvalue weighted by molar-refractivity contribution is -0.118. The van der Waals surface area contributed by atoms with E-state index in [0.29, 0.717) is 29.3 Å². The van der Waals surface area contributed by atoms with Crippen LogP contribution in [0.5, 0.6) is 0 Å². The van der Waals surface area contributed by atoms with Crippen molar-refractivity contribution in [2.24, 2.45) is 11.3 Å². The van der Waals surface area contributed by atoms with Gasteiger partial charge in [-0.25, -0.2) is 4.98 Å². The third-order valence-corrected chi connectivity index (χ3v) is 10.8. The molecule has 312 valence electrons. The Morgan fingerprint density at radius 1 is 0.931 bits per heavy atom. The molecule has 1 aliphatic heterocycles. The summed E-state index contributed by atoms with van der Waals surface area (Å²) in [6.07, 6.45) is 11.7. The van der Waals surface area contributed by atoms with E-state index in [4.69, 9.17) is 0 Å². The molecule has 1 fully saturated rings. The van der Waals surface area contributed by atoms with Crippen molar-refractivity contribution in [2.45, 2.75) is 105 Å². The molecule has 2 unspecified atom stereocenters. The molecule has 0 spiro atoms. The van der Waals surface area contributed by atoms with Gasteiger partial charge in [-0.3, -0.25) is 4.79 Å². The number of nitrogens with zero attached hydrogens (tertiary/aromatic N) is 3. The van der Waals surface area contributed by atoms with Gasteiger partial charge in [-0.2, -0.15) is 0 Å². The van der Waals surface area contributed by atoms with Crippen LogP contribution in [0.1, 0.15) is 102 Å². The maximum atomic E-state index is 13.3. The first kappa shape index (κ1) is 47.2. The summed E-state index contributed by atoms with van der Waals surface area (Å²) in [6, 6.07) is 27.3. The van der Waals surface area contributed by atoms with Gasteiger partial charge in [-0.1, -0.05) is 144 Å². The molecule has 0 aliphatic carbocycles. The number of anilines is 1. The molecular weight excluding hydrogens is 717 g/mol. The van der Waals surface area contributed by atoms with Crippen LogP contribution in [-0.2, 0) is 16.0 Å². The van der Waals surface area contributed by atoms with Gasteiger partial charge in [-0.15, -0.1) is 0 Å². The lowest BCUT2D eigenvalue weighted by atomic mass is 9.86. The maximum Gasteiger partial charge on any atom is 0.248 e. The number of piperidine rings is 1. The number of allylic oxidation sites excluding steroid dienone is 1. The van der Waals surface area contributed by atoms with Gasteiger partial charge in [0.2, 0.25) is 5.91 Å². The Morgan fingerprint density at radius 2 is 1.52 bits per heavy atom. The summed E-state index contributed by atoms with van der Waals surface area (Å²) < 4.78 is 1.69. The zero-order valence-corrected chi connectivity index (χ0v) is 36.6. The van der Waals surface area contributed by atoms with Gasteiger partial charge in [0, 0.05) is 11.9 Å². The fraction of sp³-hybridized carbons (Fsp3) is 0.420. The Hall–Kier alpha value is -5.21. The molecule has 2 atom stereocenters. The summed E-state index contributed by atoms with van der Waals surface area (Å²) in [7, 11) is 2.20. The summed E-state index contributed by atoms with van der Waals surface area (Å²) in [4.78, 5) is 31.8. The Balaban J connectivity index is 0.000000334. The standard InChI is InChI=1S/C29H35N5O2.C15H21N.C6H14/c1-5-31-29(3,4)22(2)32-25(18-12-15-23-13-8-6-9-14-23)28(36)33-27-19-34(21-30-27)26(20-35)24-16-10-7-11-17-24;1-12-4-6-14(7-5-12)13(2)15-8-10-16(3)11-9-15;1-5-6(2,3)4/h5-11,13-14,16-17,19-21,25-26,31-32H,1-2,12,15,18H2,3-4H3,(H,33,36);4-7,15H,2,8-11H2,1,3H3;5H2,1-4H3. The number of carbonyl (C=O) groups excluding carboxylic acids is 2. The molecule has 4 aromatic rings. The highest BCUT2D eigenvalue weighted by atomic mass is 16.2. The zero-order valence-electron chi connectivity index (χ0n) is 36.6. The van der Waals surface area contributed by atoms with E-state index in [1.165, 1.54) is 54.6 Å². The van der Waals surface area contributed by atoms with Crippen LogP contribution in [0.25, 0.3) is 5.57 Å². The number of aromatic nitrogens is 2. The van der Waals surface area contributed by atoms with Crippen molar-refractivity contribution in [3.63, 3.8) is 0 Å². The number of hydrogen-bond donors (Lipinski definition) is 3. The van der Waals surface area contributed by atoms with Crippen LogP contribution in [-0.4, -0.2) is 58.4 Å². The Labute approximate surface area is 349 Å². The first-order valence-electron chi connectivity index (χ1n) is 20.7. The Kier molecular flexibility index (Phi) is 18.9. The summed E-state index contributed by atoms with van der Waals surface area (Å²) in [5.74, 6) is 0.844. The van der Waals surface area contributed by atoms with Gasteiger partial charge in [0.15, 0.2) is 5.82 Å². The van der Waals surface area contributed by atoms with Gasteiger partial charge in [-0.05, 0) is 113 Å². The van der Waals surface area contributed by atoms with E-state index in [1.54, 1.807) is 23.3 Å². The fourth-order valence-corrected chi connectivity index (χ4v) is 6.26. The molecule has 1 amide bonds. The van der Waals surface area contributed by atoms with E-state index >= 15 is 0 Å². The quantitative estimate of drug-likeness (QED) is 0.0980. The van der Waals surface area contributed by atoms with Crippen LogP contribution in [0, 0.1) is 18.3 Å². The van der Waals surface area contributed by atoms with Crippen LogP contribution >= 0.6 is 0 Å². The van der Waals surface area contributed by atoms with Gasteiger partial charge < -0.3 is 30.2 Å². The van der Waals surface area contributed by atoms with Crippen LogP contribution in [0.4, 0.5) is 5.82 Å². The third-order valence-electron chi connectivity index (χ3n) is 10.8. The van der Waals surface area contributed by atoms with Crippen molar-refractivity contribution in [1.82, 2.24) is 25.1 Å². The molecule has 1 aliphatic rings. The molecule has 3 N–H and O–H groups in total. The molecule has 1 aromatic heterocycles. The van der Waals surface area contributed by atoms with Crippen molar-refractivity contribution in [3.05, 3.63) is 151 Å². The number of carbonyl (C=O) groups is 2. The number of hydrogen-bond acceptors (Lipinski definition) is 6. The van der Waals surface area contributed by atoms with E-state index in [0.717, 1.165) is 24.7 Å².